The highest BCUT2D eigenvalue weighted by atomic mass is 32.2. The molecule has 2 aliphatic rings. The summed E-state index contributed by atoms with van der Waals surface area (Å²) in [5, 5.41) is 19.8. The minimum absolute atomic E-state index is 0.0612. The van der Waals surface area contributed by atoms with E-state index in [1.165, 1.54) is 44.8 Å². The Morgan fingerprint density at radius 1 is 1.05 bits per heavy atom. The number of nitrogens with zero attached hydrogens (tertiary/aromatic N) is 7. The van der Waals surface area contributed by atoms with Gasteiger partial charge in [-0.3, -0.25) is 18.7 Å². The molecular weight excluding hydrogens is 781 g/mol. The third kappa shape index (κ3) is 8.53. The molecule has 3 atom stereocenters. The fourth-order valence-electron chi connectivity index (χ4n) is 5.91. The first-order chi connectivity index (χ1) is 27.0. The fraction of sp³-hybridized carbons (Fsp3) is 0.270. The van der Waals surface area contributed by atoms with E-state index < -0.39 is 64.3 Å². The normalized spacial score (nSPS) is 18.4. The lowest BCUT2D eigenvalue weighted by molar-refractivity contribution is -0.160. The molecule has 1 fully saturated rings. The zero-order valence-corrected chi connectivity index (χ0v) is 32.6. The van der Waals surface area contributed by atoms with Gasteiger partial charge in [-0.05, 0) is 49.6 Å². The summed E-state index contributed by atoms with van der Waals surface area (Å²) >= 11 is 2.46. The van der Waals surface area contributed by atoms with Crippen molar-refractivity contribution < 1.29 is 37.7 Å². The molecule has 7 rings (SSSR count). The Kier molecular flexibility index (Phi) is 11.4. The van der Waals surface area contributed by atoms with Gasteiger partial charge in [-0.15, -0.1) is 33.3 Å². The molecule has 2 aliphatic heterocycles. The van der Waals surface area contributed by atoms with Crippen molar-refractivity contribution in [2.75, 3.05) is 18.1 Å². The average molecular weight is 815 g/mol. The maximum Gasteiger partial charge on any atom is 0.356 e. The zero-order valence-electron chi connectivity index (χ0n) is 30.1. The molecule has 2 aromatic carbocycles. The van der Waals surface area contributed by atoms with Crippen molar-refractivity contribution in [2.45, 2.75) is 48.9 Å². The van der Waals surface area contributed by atoms with Gasteiger partial charge in [0.2, 0.25) is 6.61 Å². The molecule has 0 aliphatic carbocycles. The van der Waals surface area contributed by atoms with Crippen LogP contribution in [0.25, 0.3) is 5.65 Å². The van der Waals surface area contributed by atoms with Crippen LogP contribution in [-0.4, -0.2) is 98.5 Å². The first kappa shape index (κ1) is 38.5. The van der Waals surface area contributed by atoms with Gasteiger partial charge in [-0.25, -0.2) is 14.6 Å². The van der Waals surface area contributed by atoms with Crippen LogP contribution in [0.15, 0.2) is 111 Å². The smallest absolute Gasteiger partial charge is 0.356 e. The number of nitrogens with one attached hydrogen (secondary N) is 1. The summed E-state index contributed by atoms with van der Waals surface area (Å²) in [6.07, 6.45) is 0.624. The van der Waals surface area contributed by atoms with E-state index >= 15 is 0 Å². The van der Waals surface area contributed by atoms with E-state index in [0.29, 0.717) is 27.4 Å². The van der Waals surface area contributed by atoms with E-state index in [2.05, 4.69) is 30.8 Å². The zero-order chi connectivity index (χ0) is 39.4. The molecule has 1 N–H and O–H groups in total. The monoisotopic (exact) mass is 814 g/mol. The Labute approximate surface area is 330 Å². The number of thioether (sulfide) groups is 1. The molecule has 0 bridgehead atoms. The van der Waals surface area contributed by atoms with Crippen LogP contribution in [0.4, 0.5) is 0 Å². The third-order valence-corrected chi connectivity index (χ3v) is 11.5. The summed E-state index contributed by atoms with van der Waals surface area (Å²) in [6.45, 7) is 4.50. The molecule has 288 valence electrons. The van der Waals surface area contributed by atoms with Gasteiger partial charge in [0.1, 0.15) is 39.8 Å². The van der Waals surface area contributed by atoms with E-state index in [1.807, 2.05) is 60.7 Å². The van der Waals surface area contributed by atoms with Gasteiger partial charge in [0.15, 0.2) is 17.5 Å². The second-order valence-electron chi connectivity index (χ2n) is 13.4. The van der Waals surface area contributed by atoms with Crippen LogP contribution in [0, 0.1) is 0 Å². The van der Waals surface area contributed by atoms with Crippen LogP contribution in [0.1, 0.15) is 43.7 Å². The predicted molar refractivity (Wildman–Crippen MR) is 205 cm³/mol. The third-order valence-electron chi connectivity index (χ3n) is 8.29. The highest BCUT2D eigenvalue weighted by Gasteiger charge is 2.57. The number of hydrogen-bond donors (Lipinski definition) is 1. The van der Waals surface area contributed by atoms with E-state index in [-0.39, 0.29) is 28.6 Å². The van der Waals surface area contributed by atoms with E-state index in [1.54, 1.807) is 32.9 Å². The Balaban J connectivity index is 1.16. The number of thiazole rings is 1. The number of ether oxygens (including phenoxy) is 2. The SMILES string of the molecule is CC(C)(C)OC(=O)CON=C(C(=O)NC1C(=O)N2C(C(=O)OC(c3ccccc3)c3ccccc3)=C(CSc3ccc4nncn4n3)CS(=O)[C@H]12)c1cscn1. The maximum absolute atomic E-state index is 14.4. The van der Waals surface area contributed by atoms with Crippen molar-refractivity contribution in [3.63, 3.8) is 0 Å². The lowest BCUT2D eigenvalue weighted by Crippen LogP contribution is -2.74. The van der Waals surface area contributed by atoms with Crippen molar-refractivity contribution in [2.24, 2.45) is 5.16 Å². The van der Waals surface area contributed by atoms with Crippen molar-refractivity contribution in [1.29, 1.82) is 0 Å². The van der Waals surface area contributed by atoms with Gasteiger partial charge >= 0.3 is 11.9 Å². The summed E-state index contributed by atoms with van der Waals surface area (Å²) in [5.41, 5.74) is 2.80. The number of hydrogen-bond acceptors (Lipinski definition) is 15. The first-order valence-corrected chi connectivity index (χ1v) is 20.4. The molecule has 16 nitrogen and oxygen atoms in total. The highest BCUT2D eigenvalue weighted by molar-refractivity contribution is 7.99. The first-order valence-electron chi connectivity index (χ1n) is 17.1. The number of β-lactam (4-membered cyclic amide) rings is 1. The lowest BCUT2D eigenvalue weighted by atomic mass is 10.0. The molecule has 1 saturated heterocycles. The van der Waals surface area contributed by atoms with Gasteiger partial charge in [0.25, 0.3) is 11.8 Å². The molecule has 2 unspecified atom stereocenters. The van der Waals surface area contributed by atoms with Crippen LogP contribution >= 0.6 is 23.1 Å². The highest BCUT2D eigenvalue weighted by Crippen LogP contribution is 2.38. The molecule has 3 aromatic heterocycles. The molecule has 0 radical (unpaired) electrons. The summed E-state index contributed by atoms with van der Waals surface area (Å²) in [6, 6.07) is 20.5. The molecule has 19 heteroatoms. The van der Waals surface area contributed by atoms with Crippen LogP contribution in [-0.2, 0) is 44.3 Å². The number of fused-ring (bicyclic) bond motifs is 2. The predicted octanol–water partition coefficient (Wildman–Crippen LogP) is 3.44. The van der Waals surface area contributed by atoms with Crippen LogP contribution in [0.5, 0.6) is 0 Å². The van der Waals surface area contributed by atoms with Crippen molar-refractivity contribution in [3.05, 3.63) is 118 Å². The number of aromatic nitrogens is 5. The summed E-state index contributed by atoms with van der Waals surface area (Å²) in [7, 11) is -1.77. The largest absolute Gasteiger partial charge is 0.457 e. The topological polar surface area (TPSA) is 197 Å². The molecule has 0 saturated carbocycles. The van der Waals surface area contributed by atoms with E-state index in [4.69, 9.17) is 14.3 Å². The number of benzene rings is 2. The molecular formula is C37H34N8O8S3. The number of carbonyl (C=O) groups excluding carboxylic acids is 4. The number of esters is 2. The molecule has 5 aromatic rings. The Morgan fingerprint density at radius 3 is 2.43 bits per heavy atom. The Hall–Kier alpha value is -5.79. The van der Waals surface area contributed by atoms with E-state index in [9.17, 15) is 23.4 Å². The number of oxime groups is 1. The summed E-state index contributed by atoms with van der Waals surface area (Å²) < 4.78 is 26.9. The lowest BCUT2D eigenvalue weighted by Gasteiger charge is -2.49. The minimum Gasteiger partial charge on any atom is -0.457 e. The van der Waals surface area contributed by atoms with Gasteiger partial charge < -0.3 is 19.6 Å². The van der Waals surface area contributed by atoms with Gasteiger partial charge in [0, 0.05) is 11.1 Å². The van der Waals surface area contributed by atoms with Crippen LogP contribution < -0.4 is 5.32 Å². The quantitative estimate of drug-likeness (QED) is 0.0598. The van der Waals surface area contributed by atoms with Gasteiger partial charge in [-0.2, -0.15) is 9.61 Å². The Morgan fingerprint density at radius 2 is 1.77 bits per heavy atom. The fourth-order valence-corrected chi connectivity index (χ4v) is 9.13. The van der Waals surface area contributed by atoms with Gasteiger partial charge in [0.05, 0.1) is 22.1 Å². The molecule has 2 amide bonds. The maximum atomic E-state index is 14.4. The van der Waals surface area contributed by atoms with E-state index in [0.717, 1.165) is 4.90 Å². The van der Waals surface area contributed by atoms with Crippen molar-refractivity contribution in [1.82, 2.24) is 35.0 Å². The molecule has 56 heavy (non-hydrogen) atoms. The second kappa shape index (κ2) is 16.5. The standard InChI is InChI=1S/C37H34N8O8S3/c1-37(2,3)53-28(46)16-51-43-29(25-18-54-21-38-25)33(47)40-30-34(48)45-31(36(49)52-32(22-10-6-4-7-11-22)23-12-8-5-9-13-23)24(19-56(50)35(30)45)17-55-27-15-14-26-41-39-20-44(26)42-27/h4-15,18,20-21,30,32,35H,16-17,19H2,1-3H3,(H,40,47)/t30?,35-,56?/m1/s1. The van der Waals surface area contributed by atoms with Gasteiger partial charge in [-0.1, -0.05) is 65.8 Å². The van der Waals surface area contributed by atoms with Crippen LogP contribution in [0.3, 0.4) is 0 Å². The Bertz CT molecular complexity index is 2310. The van der Waals surface area contributed by atoms with Crippen molar-refractivity contribution in [3.8, 4) is 0 Å². The second-order valence-corrected chi connectivity index (χ2v) is 16.6. The van der Waals surface area contributed by atoms with Crippen molar-refractivity contribution >= 4 is 69.0 Å². The molecule has 5 heterocycles. The summed E-state index contributed by atoms with van der Waals surface area (Å²) in [5.74, 6) is -3.02. The van der Waals surface area contributed by atoms with Crippen LogP contribution in [0.2, 0.25) is 0 Å². The number of rotatable bonds is 13. The average Bonchev–Trinajstić information content (AvgIpc) is 3.89. The summed E-state index contributed by atoms with van der Waals surface area (Å²) in [4.78, 5) is 64.8. The minimum atomic E-state index is -1.77. The number of amides is 2. The molecule has 0 spiro atoms. The number of carbonyl (C=O) groups is 4.